The van der Waals surface area contributed by atoms with E-state index in [-0.39, 0.29) is 0 Å². The molecule has 2 aromatic heterocycles. The molecule has 0 spiro atoms. The largest absolute Gasteiger partial charge is 0.280 e. The molecule has 1 aromatic carbocycles. The lowest BCUT2D eigenvalue weighted by atomic mass is 10.3. The van der Waals surface area contributed by atoms with Gasteiger partial charge in [-0.05, 0) is 32.0 Å². The topological polar surface area (TPSA) is 43.6 Å². The normalized spacial score (nSPS) is 10.9. The van der Waals surface area contributed by atoms with Crippen LogP contribution in [-0.4, -0.2) is 19.5 Å². The molecule has 0 aliphatic rings. The number of rotatable bonds is 1. The molecule has 3 aromatic rings. The zero-order valence-electron chi connectivity index (χ0n) is 9.75. The lowest BCUT2D eigenvalue weighted by Gasteiger charge is -2.05. The fourth-order valence-electron chi connectivity index (χ4n) is 2.00. The van der Waals surface area contributed by atoms with Gasteiger partial charge in [-0.2, -0.15) is 0 Å². The van der Waals surface area contributed by atoms with Crippen LogP contribution in [0.4, 0.5) is 0 Å². The van der Waals surface area contributed by atoms with Gasteiger partial charge in [0.2, 0.25) is 0 Å². The Kier molecular flexibility index (Phi) is 2.14. The highest BCUT2D eigenvalue weighted by molar-refractivity contribution is 5.77. The van der Waals surface area contributed by atoms with Gasteiger partial charge in [0.05, 0.1) is 11.0 Å². The lowest BCUT2D eigenvalue weighted by molar-refractivity contribution is 0.918. The Bertz CT molecular complexity index is 685. The smallest absolute Gasteiger partial charge is 0.142 e. The first kappa shape index (κ1) is 9.96. The van der Waals surface area contributed by atoms with E-state index >= 15 is 0 Å². The molecular formula is C13H12N4. The number of benzene rings is 1. The van der Waals surface area contributed by atoms with Crippen LogP contribution in [0.15, 0.2) is 36.5 Å². The molecule has 0 bridgehead atoms. The van der Waals surface area contributed by atoms with E-state index in [0.29, 0.717) is 0 Å². The Morgan fingerprint density at radius 3 is 2.65 bits per heavy atom. The first-order valence-electron chi connectivity index (χ1n) is 5.50. The molecule has 0 aliphatic carbocycles. The van der Waals surface area contributed by atoms with Gasteiger partial charge in [0.25, 0.3) is 0 Å². The monoisotopic (exact) mass is 224 g/mol. The Labute approximate surface area is 99.0 Å². The van der Waals surface area contributed by atoms with Crippen molar-refractivity contribution >= 4 is 11.0 Å². The molecule has 0 N–H and O–H groups in total. The van der Waals surface area contributed by atoms with Crippen LogP contribution in [-0.2, 0) is 0 Å². The van der Waals surface area contributed by atoms with Gasteiger partial charge < -0.3 is 0 Å². The molecule has 4 heteroatoms. The van der Waals surface area contributed by atoms with Crippen LogP contribution in [0.2, 0.25) is 0 Å². The summed E-state index contributed by atoms with van der Waals surface area (Å²) in [5.74, 6) is 2.56. The van der Waals surface area contributed by atoms with E-state index in [4.69, 9.17) is 0 Å². The number of imidazole rings is 1. The number of hydrogen-bond donors (Lipinski definition) is 0. The Balaban J connectivity index is 2.33. The van der Waals surface area contributed by atoms with Gasteiger partial charge >= 0.3 is 0 Å². The average molecular weight is 224 g/mol. The molecule has 0 radical (unpaired) electrons. The first-order chi connectivity index (χ1) is 8.25. The highest BCUT2D eigenvalue weighted by Crippen LogP contribution is 2.19. The van der Waals surface area contributed by atoms with Crippen molar-refractivity contribution in [1.29, 1.82) is 0 Å². The Hall–Kier alpha value is -2.23. The highest BCUT2D eigenvalue weighted by atomic mass is 15.1. The van der Waals surface area contributed by atoms with E-state index in [2.05, 4.69) is 15.0 Å². The summed E-state index contributed by atoms with van der Waals surface area (Å²) in [5, 5.41) is 0. The quantitative estimate of drug-likeness (QED) is 0.637. The van der Waals surface area contributed by atoms with E-state index in [1.165, 1.54) is 0 Å². The summed E-state index contributed by atoms with van der Waals surface area (Å²) in [6.07, 6.45) is 1.77. The van der Waals surface area contributed by atoms with Gasteiger partial charge in [0, 0.05) is 6.20 Å². The van der Waals surface area contributed by atoms with Crippen molar-refractivity contribution in [3.05, 3.63) is 48.2 Å². The van der Waals surface area contributed by atoms with Gasteiger partial charge in [-0.15, -0.1) is 0 Å². The van der Waals surface area contributed by atoms with Crippen LogP contribution in [0.1, 0.15) is 11.6 Å². The standard InChI is InChI=1S/C13H12N4/c1-9-14-8-7-13(15-9)17-10(2)16-11-5-3-4-6-12(11)17/h3-8H,1-2H3. The average Bonchev–Trinajstić information content (AvgIpc) is 2.64. The molecule has 0 atom stereocenters. The van der Waals surface area contributed by atoms with Crippen molar-refractivity contribution in [3.63, 3.8) is 0 Å². The molecule has 2 heterocycles. The number of para-hydroxylation sites is 2. The molecule has 0 fully saturated rings. The van der Waals surface area contributed by atoms with Crippen LogP contribution in [0, 0.1) is 13.8 Å². The maximum Gasteiger partial charge on any atom is 0.142 e. The second kappa shape index (κ2) is 3.66. The van der Waals surface area contributed by atoms with Gasteiger partial charge in [0.1, 0.15) is 17.5 Å². The van der Waals surface area contributed by atoms with Gasteiger partial charge in [-0.25, -0.2) is 15.0 Å². The molecule has 17 heavy (non-hydrogen) atoms. The summed E-state index contributed by atoms with van der Waals surface area (Å²) in [6, 6.07) is 9.95. The van der Waals surface area contributed by atoms with Crippen LogP contribution in [0.25, 0.3) is 16.9 Å². The van der Waals surface area contributed by atoms with Crippen LogP contribution in [0.5, 0.6) is 0 Å². The minimum Gasteiger partial charge on any atom is -0.280 e. The van der Waals surface area contributed by atoms with Crippen molar-refractivity contribution in [2.24, 2.45) is 0 Å². The molecule has 0 aliphatic heterocycles. The van der Waals surface area contributed by atoms with Crippen molar-refractivity contribution in [2.45, 2.75) is 13.8 Å². The fraction of sp³-hybridized carbons (Fsp3) is 0.154. The van der Waals surface area contributed by atoms with Gasteiger partial charge in [0.15, 0.2) is 0 Å². The number of aryl methyl sites for hydroxylation is 2. The number of nitrogens with zero attached hydrogens (tertiary/aromatic N) is 4. The predicted molar refractivity (Wildman–Crippen MR) is 66.1 cm³/mol. The van der Waals surface area contributed by atoms with Crippen molar-refractivity contribution < 1.29 is 0 Å². The predicted octanol–water partition coefficient (Wildman–Crippen LogP) is 2.43. The third-order valence-corrected chi connectivity index (χ3v) is 2.72. The molecular weight excluding hydrogens is 212 g/mol. The lowest BCUT2D eigenvalue weighted by Crippen LogP contribution is -2.01. The van der Waals surface area contributed by atoms with Gasteiger partial charge in [-0.3, -0.25) is 4.57 Å². The van der Waals surface area contributed by atoms with Crippen molar-refractivity contribution in [1.82, 2.24) is 19.5 Å². The van der Waals surface area contributed by atoms with E-state index in [0.717, 1.165) is 28.5 Å². The number of aromatic nitrogens is 4. The van der Waals surface area contributed by atoms with Crippen LogP contribution in [0.3, 0.4) is 0 Å². The molecule has 4 nitrogen and oxygen atoms in total. The van der Waals surface area contributed by atoms with Crippen LogP contribution < -0.4 is 0 Å². The minimum atomic E-state index is 0.764. The van der Waals surface area contributed by atoms with E-state index in [1.54, 1.807) is 6.20 Å². The summed E-state index contributed by atoms with van der Waals surface area (Å²) in [4.78, 5) is 13.1. The van der Waals surface area contributed by atoms with Gasteiger partial charge in [-0.1, -0.05) is 12.1 Å². The number of hydrogen-bond acceptors (Lipinski definition) is 3. The molecule has 0 unspecified atom stereocenters. The Morgan fingerprint density at radius 1 is 1.00 bits per heavy atom. The maximum atomic E-state index is 4.52. The minimum absolute atomic E-state index is 0.764. The summed E-state index contributed by atoms with van der Waals surface area (Å²) >= 11 is 0. The first-order valence-corrected chi connectivity index (χ1v) is 5.50. The number of fused-ring (bicyclic) bond motifs is 1. The van der Waals surface area contributed by atoms with Crippen molar-refractivity contribution in [2.75, 3.05) is 0 Å². The molecule has 0 saturated heterocycles. The summed E-state index contributed by atoms with van der Waals surface area (Å²) in [6.45, 7) is 3.87. The zero-order valence-corrected chi connectivity index (χ0v) is 9.75. The Morgan fingerprint density at radius 2 is 1.82 bits per heavy atom. The second-order valence-corrected chi connectivity index (χ2v) is 3.95. The van der Waals surface area contributed by atoms with Crippen molar-refractivity contribution in [3.8, 4) is 5.82 Å². The summed E-state index contributed by atoms with van der Waals surface area (Å²) in [5.41, 5.74) is 2.06. The highest BCUT2D eigenvalue weighted by Gasteiger charge is 2.09. The SMILES string of the molecule is Cc1nccc(-n2c(C)nc3ccccc32)n1. The van der Waals surface area contributed by atoms with E-state index in [9.17, 15) is 0 Å². The fourth-order valence-corrected chi connectivity index (χ4v) is 2.00. The molecule has 0 saturated carbocycles. The van der Waals surface area contributed by atoms with E-state index < -0.39 is 0 Å². The maximum absolute atomic E-state index is 4.52. The third kappa shape index (κ3) is 1.58. The summed E-state index contributed by atoms with van der Waals surface area (Å²) in [7, 11) is 0. The summed E-state index contributed by atoms with van der Waals surface area (Å²) < 4.78 is 2.05. The molecule has 0 amide bonds. The second-order valence-electron chi connectivity index (χ2n) is 3.95. The molecule has 84 valence electrons. The zero-order chi connectivity index (χ0) is 11.8. The molecule has 3 rings (SSSR count). The van der Waals surface area contributed by atoms with E-state index in [1.807, 2.05) is 48.7 Å². The third-order valence-electron chi connectivity index (χ3n) is 2.72. The van der Waals surface area contributed by atoms with Crippen LogP contribution >= 0.6 is 0 Å².